The first-order valence-electron chi connectivity index (χ1n) is 5.96. The molecule has 0 aliphatic carbocycles. The van der Waals surface area contributed by atoms with Crippen LogP contribution in [0.4, 0.5) is 11.6 Å². The smallest absolute Gasteiger partial charge is 0.158 e. The van der Waals surface area contributed by atoms with Crippen LogP contribution >= 0.6 is 0 Å². The molecule has 1 aliphatic rings. The summed E-state index contributed by atoms with van der Waals surface area (Å²) in [5.41, 5.74) is 5.79. The summed E-state index contributed by atoms with van der Waals surface area (Å²) in [7, 11) is 0. The molecule has 6 nitrogen and oxygen atoms in total. The van der Waals surface area contributed by atoms with E-state index in [1.54, 1.807) is 0 Å². The predicted octanol–water partition coefficient (Wildman–Crippen LogP) is 0.00490. The first kappa shape index (κ1) is 12.1. The lowest BCUT2D eigenvalue weighted by atomic mass is 10.3. The van der Waals surface area contributed by atoms with E-state index in [1.807, 2.05) is 13.0 Å². The zero-order valence-corrected chi connectivity index (χ0v) is 10.1. The third-order valence-corrected chi connectivity index (χ3v) is 2.66. The zero-order valence-electron chi connectivity index (χ0n) is 10.1. The van der Waals surface area contributed by atoms with Gasteiger partial charge in [0.15, 0.2) is 5.82 Å². The highest BCUT2D eigenvalue weighted by molar-refractivity contribution is 5.47. The van der Waals surface area contributed by atoms with Crippen LogP contribution in [-0.4, -0.2) is 42.8 Å². The van der Waals surface area contributed by atoms with Gasteiger partial charge in [-0.2, -0.15) is 0 Å². The Labute approximate surface area is 101 Å². The SMILES string of the molecule is CCOCc1nc(N)cc(N2CCNCC2)n1. The molecular formula is C11H19N5O. The second-order valence-electron chi connectivity index (χ2n) is 3.94. The van der Waals surface area contributed by atoms with Crippen molar-refractivity contribution in [3.63, 3.8) is 0 Å². The van der Waals surface area contributed by atoms with Crippen LogP contribution in [0.25, 0.3) is 0 Å². The molecule has 0 spiro atoms. The molecule has 17 heavy (non-hydrogen) atoms. The third-order valence-electron chi connectivity index (χ3n) is 2.66. The number of ether oxygens (including phenoxy) is 1. The maximum atomic E-state index is 5.79. The van der Waals surface area contributed by atoms with E-state index in [9.17, 15) is 0 Å². The number of aromatic nitrogens is 2. The van der Waals surface area contributed by atoms with Gasteiger partial charge in [-0.05, 0) is 6.92 Å². The van der Waals surface area contributed by atoms with Gasteiger partial charge in [-0.1, -0.05) is 0 Å². The molecule has 2 rings (SSSR count). The first-order valence-corrected chi connectivity index (χ1v) is 5.96. The van der Waals surface area contributed by atoms with Gasteiger partial charge in [-0.25, -0.2) is 9.97 Å². The number of anilines is 2. The van der Waals surface area contributed by atoms with Crippen molar-refractivity contribution < 1.29 is 4.74 Å². The Balaban J connectivity index is 2.12. The number of rotatable bonds is 4. The van der Waals surface area contributed by atoms with E-state index in [4.69, 9.17) is 10.5 Å². The van der Waals surface area contributed by atoms with Crippen molar-refractivity contribution in [2.75, 3.05) is 43.4 Å². The molecule has 6 heteroatoms. The van der Waals surface area contributed by atoms with E-state index in [2.05, 4.69) is 20.2 Å². The second kappa shape index (κ2) is 5.79. The lowest BCUT2D eigenvalue weighted by Crippen LogP contribution is -2.44. The molecule has 0 radical (unpaired) electrons. The summed E-state index contributed by atoms with van der Waals surface area (Å²) >= 11 is 0. The van der Waals surface area contributed by atoms with Crippen LogP contribution in [0.5, 0.6) is 0 Å². The van der Waals surface area contributed by atoms with Crippen molar-refractivity contribution in [3.8, 4) is 0 Å². The van der Waals surface area contributed by atoms with Crippen LogP contribution in [0.1, 0.15) is 12.7 Å². The van der Waals surface area contributed by atoms with Gasteiger partial charge in [-0.15, -0.1) is 0 Å². The Morgan fingerprint density at radius 1 is 1.41 bits per heavy atom. The number of hydrogen-bond donors (Lipinski definition) is 2. The Kier molecular flexibility index (Phi) is 4.11. The monoisotopic (exact) mass is 237 g/mol. The number of nitrogens with two attached hydrogens (primary N) is 1. The molecule has 3 N–H and O–H groups in total. The van der Waals surface area contributed by atoms with Crippen molar-refractivity contribution >= 4 is 11.6 Å². The average molecular weight is 237 g/mol. The Bertz CT molecular complexity index is 365. The molecule has 0 aromatic carbocycles. The quantitative estimate of drug-likeness (QED) is 0.768. The van der Waals surface area contributed by atoms with Crippen LogP contribution in [0, 0.1) is 0 Å². The zero-order chi connectivity index (χ0) is 12.1. The van der Waals surface area contributed by atoms with Crippen LogP contribution in [0.3, 0.4) is 0 Å². The molecule has 2 heterocycles. The topological polar surface area (TPSA) is 76.3 Å². The first-order chi connectivity index (χ1) is 8.29. The summed E-state index contributed by atoms with van der Waals surface area (Å²) in [4.78, 5) is 10.9. The van der Waals surface area contributed by atoms with Crippen molar-refractivity contribution in [1.29, 1.82) is 0 Å². The molecule has 94 valence electrons. The largest absolute Gasteiger partial charge is 0.384 e. The summed E-state index contributed by atoms with van der Waals surface area (Å²) in [5.74, 6) is 2.05. The second-order valence-corrected chi connectivity index (χ2v) is 3.94. The molecular weight excluding hydrogens is 218 g/mol. The molecule has 1 fully saturated rings. The van der Waals surface area contributed by atoms with E-state index >= 15 is 0 Å². The van der Waals surface area contributed by atoms with Crippen LogP contribution in [0.2, 0.25) is 0 Å². The number of piperazine rings is 1. The molecule has 1 aromatic heterocycles. The molecule has 1 aliphatic heterocycles. The number of nitrogen functional groups attached to an aromatic ring is 1. The van der Waals surface area contributed by atoms with Gasteiger partial charge in [0.1, 0.15) is 18.2 Å². The fraction of sp³-hybridized carbons (Fsp3) is 0.636. The fourth-order valence-electron chi connectivity index (χ4n) is 1.82. The number of nitrogens with one attached hydrogen (secondary N) is 1. The highest BCUT2D eigenvalue weighted by atomic mass is 16.5. The minimum absolute atomic E-state index is 0.417. The molecule has 0 bridgehead atoms. The van der Waals surface area contributed by atoms with Gasteiger partial charge < -0.3 is 20.7 Å². The maximum Gasteiger partial charge on any atom is 0.158 e. The normalized spacial score (nSPS) is 16.2. The van der Waals surface area contributed by atoms with E-state index in [-0.39, 0.29) is 0 Å². The molecule has 0 saturated carbocycles. The Hall–Kier alpha value is -1.40. The minimum atomic E-state index is 0.417. The molecule has 0 atom stereocenters. The Morgan fingerprint density at radius 2 is 2.18 bits per heavy atom. The number of nitrogens with zero attached hydrogens (tertiary/aromatic N) is 3. The number of hydrogen-bond acceptors (Lipinski definition) is 6. The highest BCUT2D eigenvalue weighted by Crippen LogP contribution is 2.15. The van der Waals surface area contributed by atoms with E-state index in [0.717, 1.165) is 32.0 Å². The van der Waals surface area contributed by atoms with Gasteiger partial charge in [0, 0.05) is 38.9 Å². The lowest BCUT2D eigenvalue weighted by Gasteiger charge is -2.28. The molecule has 1 saturated heterocycles. The molecule has 0 unspecified atom stereocenters. The summed E-state index contributed by atoms with van der Waals surface area (Å²) in [6.07, 6.45) is 0. The maximum absolute atomic E-state index is 5.79. The van der Waals surface area contributed by atoms with Crippen molar-refractivity contribution in [2.24, 2.45) is 0 Å². The van der Waals surface area contributed by atoms with E-state index < -0.39 is 0 Å². The van der Waals surface area contributed by atoms with Gasteiger partial charge in [0.05, 0.1) is 0 Å². The molecule has 1 aromatic rings. The Morgan fingerprint density at radius 3 is 2.88 bits per heavy atom. The summed E-state index contributed by atoms with van der Waals surface area (Å²) in [5, 5.41) is 3.31. The minimum Gasteiger partial charge on any atom is -0.384 e. The molecule has 0 amide bonds. The van der Waals surface area contributed by atoms with Crippen LogP contribution < -0.4 is 16.0 Å². The van der Waals surface area contributed by atoms with Crippen molar-refractivity contribution in [3.05, 3.63) is 11.9 Å². The third kappa shape index (κ3) is 3.28. The standard InChI is InChI=1S/C11H19N5O/c1-2-17-8-10-14-9(12)7-11(15-10)16-5-3-13-4-6-16/h7,13H,2-6,8H2,1H3,(H2,12,14,15). The van der Waals surface area contributed by atoms with Crippen LogP contribution in [-0.2, 0) is 11.3 Å². The van der Waals surface area contributed by atoms with Gasteiger partial charge in [0.25, 0.3) is 0 Å². The van der Waals surface area contributed by atoms with Crippen molar-refractivity contribution in [2.45, 2.75) is 13.5 Å². The van der Waals surface area contributed by atoms with Crippen LogP contribution in [0.15, 0.2) is 6.07 Å². The van der Waals surface area contributed by atoms with Gasteiger partial charge >= 0.3 is 0 Å². The fourth-order valence-corrected chi connectivity index (χ4v) is 1.82. The van der Waals surface area contributed by atoms with Gasteiger partial charge in [0.2, 0.25) is 0 Å². The van der Waals surface area contributed by atoms with Crippen molar-refractivity contribution in [1.82, 2.24) is 15.3 Å². The summed E-state index contributed by atoms with van der Waals surface area (Å²) in [6, 6.07) is 1.82. The van der Waals surface area contributed by atoms with Gasteiger partial charge in [-0.3, -0.25) is 0 Å². The highest BCUT2D eigenvalue weighted by Gasteiger charge is 2.13. The summed E-state index contributed by atoms with van der Waals surface area (Å²) < 4.78 is 5.31. The summed E-state index contributed by atoms with van der Waals surface area (Å²) in [6.45, 7) is 6.87. The van der Waals surface area contributed by atoms with E-state index in [0.29, 0.717) is 24.9 Å². The van der Waals surface area contributed by atoms with E-state index in [1.165, 1.54) is 0 Å². The lowest BCUT2D eigenvalue weighted by molar-refractivity contribution is 0.128. The average Bonchev–Trinajstić information content (AvgIpc) is 2.37. The predicted molar refractivity (Wildman–Crippen MR) is 66.9 cm³/mol.